The second-order valence-electron chi connectivity index (χ2n) is 7.05. The topological polar surface area (TPSA) is 52.6 Å². The monoisotopic (exact) mass is 354 g/mol. The molecule has 5 nitrogen and oxygen atoms in total. The molecule has 1 saturated carbocycles. The van der Waals surface area contributed by atoms with Crippen LogP contribution in [0.1, 0.15) is 36.9 Å². The Morgan fingerprint density at radius 3 is 2.73 bits per heavy atom. The van der Waals surface area contributed by atoms with Crippen molar-refractivity contribution in [3.63, 3.8) is 0 Å². The van der Waals surface area contributed by atoms with Gasteiger partial charge in [0.15, 0.2) is 5.79 Å². The van der Waals surface area contributed by atoms with Crippen LogP contribution in [-0.4, -0.2) is 30.0 Å². The van der Waals surface area contributed by atoms with Crippen molar-refractivity contribution < 1.29 is 14.2 Å². The van der Waals surface area contributed by atoms with Gasteiger partial charge in [0.1, 0.15) is 12.4 Å². The Morgan fingerprint density at radius 1 is 1.12 bits per heavy atom. The summed E-state index contributed by atoms with van der Waals surface area (Å²) in [6.07, 6.45) is 6.46. The number of hydrogen-bond acceptors (Lipinski definition) is 5. The average molecular weight is 354 g/mol. The first kappa shape index (κ1) is 17.5. The van der Waals surface area contributed by atoms with E-state index in [0.717, 1.165) is 37.4 Å². The van der Waals surface area contributed by atoms with Gasteiger partial charge >= 0.3 is 0 Å². The summed E-state index contributed by atoms with van der Waals surface area (Å²) in [7, 11) is 0. The Kier molecular flexibility index (Phi) is 5.48. The predicted octanol–water partition coefficient (Wildman–Crippen LogP) is 3.44. The number of benzene rings is 1. The second kappa shape index (κ2) is 8.16. The lowest BCUT2D eigenvalue weighted by Crippen LogP contribution is -2.31. The van der Waals surface area contributed by atoms with Crippen LogP contribution in [0.3, 0.4) is 0 Å². The Labute approximate surface area is 154 Å². The van der Waals surface area contributed by atoms with Crippen molar-refractivity contribution in [3.8, 4) is 5.75 Å². The minimum absolute atomic E-state index is 0.161. The van der Waals surface area contributed by atoms with Crippen LogP contribution in [0.5, 0.6) is 5.75 Å². The smallest absolute Gasteiger partial charge is 0.168 e. The first-order chi connectivity index (χ1) is 12.8. The fraction of sp³-hybridized carbons (Fsp3) is 0.476. The van der Waals surface area contributed by atoms with E-state index in [9.17, 15) is 0 Å². The summed E-state index contributed by atoms with van der Waals surface area (Å²) >= 11 is 0. The third-order valence-electron chi connectivity index (χ3n) is 5.02. The number of hydrogen-bond donors (Lipinski definition) is 1. The molecule has 2 aromatic rings. The Balaban J connectivity index is 1.18. The van der Waals surface area contributed by atoms with Gasteiger partial charge < -0.3 is 19.5 Å². The van der Waals surface area contributed by atoms with Gasteiger partial charge in [-0.3, -0.25) is 4.98 Å². The maximum absolute atomic E-state index is 6.13. The van der Waals surface area contributed by atoms with Crippen LogP contribution in [0, 0.1) is 0 Å². The molecule has 2 heterocycles. The van der Waals surface area contributed by atoms with Crippen LogP contribution >= 0.6 is 0 Å². The van der Waals surface area contributed by atoms with E-state index in [2.05, 4.69) is 22.4 Å². The highest BCUT2D eigenvalue weighted by Crippen LogP contribution is 2.38. The summed E-state index contributed by atoms with van der Waals surface area (Å²) in [6, 6.07) is 14.0. The Hall–Kier alpha value is -1.95. The van der Waals surface area contributed by atoms with Gasteiger partial charge in [0, 0.05) is 32.1 Å². The third-order valence-corrected chi connectivity index (χ3v) is 5.02. The fourth-order valence-corrected chi connectivity index (χ4v) is 3.61. The van der Waals surface area contributed by atoms with E-state index in [0.29, 0.717) is 13.2 Å². The SMILES string of the molecule is c1ccc(COc2ccc(CNC[C@@H]3COC4(CCCC4)O3)cc2)nc1. The minimum Gasteiger partial charge on any atom is -0.487 e. The van der Waals surface area contributed by atoms with Crippen molar-refractivity contribution in [1.29, 1.82) is 0 Å². The molecule has 26 heavy (non-hydrogen) atoms. The number of nitrogens with zero attached hydrogens (tertiary/aromatic N) is 1. The lowest BCUT2D eigenvalue weighted by molar-refractivity contribution is -0.161. The first-order valence-electron chi connectivity index (χ1n) is 9.46. The number of nitrogens with one attached hydrogen (secondary N) is 1. The van der Waals surface area contributed by atoms with Gasteiger partial charge in [-0.05, 0) is 42.7 Å². The first-order valence-corrected chi connectivity index (χ1v) is 9.46. The van der Waals surface area contributed by atoms with Crippen LogP contribution in [0.4, 0.5) is 0 Å². The molecule has 0 bridgehead atoms. The summed E-state index contributed by atoms with van der Waals surface area (Å²) in [5.41, 5.74) is 2.15. The van der Waals surface area contributed by atoms with E-state index in [-0.39, 0.29) is 11.9 Å². The highest BCUT2D eigenvalue weighted by atomic mass is 16.7. The van der Waals surface area contributed by atoms with E-state index >= 15 is 0 Å². The maximum Gasteiger partial charge on any atom is 0.168 e. The van der Waals surface area contributed by atoms with Gasteiger partial charge in [-0.1, -0.05) is 18.2 Å². The molecule has 2 fully saturated rings. The average Bonchev–Trinajstić information content (AvgIpc) is 3.32. The molecular weight excluding hydrogens is 328 g/mol. The Bertz CT molecular complexity index is 684. The highest BCUT2D eigenvalue weighted by molar-refractivity contribution is 5.27. The van der Waals surface area contributed by atoms with E-state index in [1.165, 1.54) is 18.4 Å². The largest absolute Gasteiger partial charge is 0.487 e. The van der Waals surface area contributed by atoms with Crippen molar-refractivity contribution in [3.05, 3.63) is 59.9 Å². The van der Waals surface area contributed by atoms with Crippen LogP contribution in [0.25, 0.3) is 0 Å². The molecular formula is C21H26N2O3. The van der Waals surface area contributed by atoms with Gasteiger partial charge in [-0.15, -0.1) is 0 Å². The maximum atomic E-state index is 6.13. The number of rotatable bonds is 7. The molecule has 5 heteroatoms. The Morgan fingerprint density at radius 2 is 1.96 bits per heavy atom. The van der Waals surface area contributed by atoms with E-state index in [1.807, 2.05) is 30.3 Å². The zero-order chi connectivity index (χ0) is 17.7. The summed E-state index contributed by atoms with van der Waals surface area (Å²) in [4.78, 5) is 4.26. The lowest BCUT2D eigenvalue weighted by Gasteiger charge is -2.22. The van der Waals surface area contributed by atoms with Crippen molar-refractivity contribution in [2.45, 2.75) is 50.7 Å². The summed E-state index contributed by atoms with van der Waals surface area (Å²) in [5, 5.41) is 3.47. The molecule has 1 atom stereocenters. The molecule has 0 unspecified atom stereocenters. The molecule has 1 aromatic carbocycles. The zero-order valence-electron chi connectivity index (χ0n) is 15.0. The van der Waals surface area contributed by atoms with Gasteiger partial charge in [-0.2, -0.15) is 0 Å². The standard InChI is InChI=1S/C21H26N2O3/c1-4-12-23-18(5-1)15-24-19-8-6-17(7-9-19)13-22-14-20-16-25-21(26-20)10-2-3-11-21/h1,4-9,12,20,22H,2-3,10-11,13-16H2/t20-/m1/s1. The van der Waals surface area contributed by atoms with Crippen molar-refractivity contribution in [1.82, 2.24) is 10.3 Å². The summed E-state index contributed by atoms with van der Waals surface area (Å²) < 4.78 is 17.8. The molecule has 1 aliphatic heterocycles. The molecule has 1 saturated heterocycles. The highest BCUT2D eigenvalue weighted by Gasteiger charge is 2.43. The van der Waals surface area contributed by atoms with Gasteiger partial charge in [0.2, 0.25) is 0 Å². The minimum atomic E-state index is -0.265. The lowest BCUT2D eigenvalue weighted by atomic mass is 10.2. The molecule has 0 amide bonds. The van der Waals surface area contributed by atoms with E-state index < -0.39 is 0 Å². The molecule has 1 spiro atoms. The van der Waals surface area contributed by atoms with Gasteiger partial charge in [0.05, 0.1) is 18.4 Å². The summed E-state index contributed by atoms with van der Waals surface area (Å²) in [5.74, 6) is 0.592. The quantitative estimate of drug-likeness (QED) is 0.825. The normalized spacial score (nSPS) is 21.3. The molecule has 1 aromatic heterocycles. The molecule has 1 aliphatic carbocycles. The number of pyridine rings is 1. The number of aromatic nitrogens is 1. The number of ether oxygens (including phenoxy) is 3. The zero-order valence-corrected chi connectivity index (χ0v) is 15.0. The van der Waals surface area contributed by atoms with Crippen LogP contribution in [-0.2, 0) is 22.6 Å². The fourth-order valence-electron chi connectivity index (χ4n) is 3.61. The summed E-state index contributed by atoms with van der Waals surface area (Å²) in [6.45, 7) is 2.82. The molecule has 2 aliphatic rings. The van der Waals surface area contributed by atoms with Crippen molar-refractivity contribution >= 4 is 0 Å². The van der Waals surface area contributed by atoms with E-state index in [4.69, 9.17) is 14.2 Å². The third kappa shape index (κ3) is 4.41. The molecule has 0 radical (unpaired) electrons. The predicted molar refractivity (Wildman–Crippen MR) is 98.7 cm³/mol. The van der Waals surface area contributed by atoms with E-state index in [1.54, 1.807) is 6.20 Å². The van der Waals surface area contributed by atoms with Gasteiger partial charge in [0.25, 0.3) is 0 Å². The van der Waals surface area contributed by atoms with Crippen molar-refractivity contribution in [2.24, 2.45) is 0 Å². The van der Waals surface area contributed by atoms with Crippen LogP contribution in [0.2, 0.25) is 0 Å². The molecule has 1 N–H and O–H groups in total. The van der Waals surface area contributed by atoms with Crippen LogP contribution < -0.4 is 10.1 Å². The molecule has 4 rings (SSSR count). The second-order valence-corrected chi connectivity index (χ2v) is 7.05. The van der Waals surface area contributed by atoms with Crippen molar-refractivity contribution in [2.75, 3.05) is 13.2 Å². The van der Waals surface area contributed by atoms with Gasteiger partial charge in [-0.25, -0.2) is 0 Å². The molecule has 138 valence electrons. The van der Waals surface area contributed by atoms with Crippen LogP contribution in [0.15, 0.2) is 48.7 Å².